The maximum absolute atomic E-state index is 5.98. The van der Waals surface area contributed by atoms with E-state index in [1.165, 1.54) is 0 Å². The summed E-state index contributed by atoms with van der Waals surface area (Å²) in [6.07, 6.45) is 1.11. The molecule has 0 fully saturated rings. The molecule has 0 aliphatic carbocycles. The molecule has 0 aliphatic heterocycles. The second kappa shape index (κ2) is 8.56. The lowest BCUT2D eigenvalue weighted by Crippen LogP contribution is -2.24. The van der Waals surface area contributed by atoms with Crippen molar-refractivity contribution in [2.24, 2.45) is 0 Å². The molecule has 0 radical (unpaired) electrons. The summed E-state index contributed by atoms with van der Waals surface area (Å²) >= 11 is 9.43. The van der Waals surface area contributed by atoms with Gasteiger partial charge in [0.25, 0.3) is 0 Å². The smallest absolute Gasteiger partial charge is 0.124 e. The summed E-state index contributed by atoms with van der Waals surface area (Å²) in [5.74, 6) is 0.911. The molecule has 2 rings (SSSR count). The minimum atomic E-state index is 0.489. The molecule has 0 aromatic heterocycles. The van der Waals surface area contributed by atoms with Crippen molar-refractivity contribution in [3.8, 4) is 5.75 Å². The molecular formula is C18H21BrClNO. The molecule has 1 N–H and O–H groups in total. The molecular weight excluding hydrogens is 362 g/mol. The predicted octanol–water partition coefficient (Wildman–Crippen LogP) is 5.57. The van der Waals surface area contributed by atoms with Crippen LogP contribution in [-0.2, 0) is 13.2 Å². The van der Waals surface area contributed by atoms with Crippen molar-refractivity contribution < 1.29 is 4.74 Å². The second-order valence-electron chi connectivity index (χ2n) is 5.36. The summed E-state index contributed by atoms with van der Waals surface area (Å²) in [6.45, 7) is 5.70. The molecule has 0 bridgehead atoms. The van der Waals surface area contributed by atoms with Crippen LogP contribution in [0.5, 0.6) is 5.75 Å². The fourth-order valence-electron chi connectivity index (χ4n) is 2.00. The van der Waals surface area contributed by atoms with Crippen molar-refractivity contribution >= 4 is 27.5 Å². The van der Waals surface area contributed by atoms with Gasteiger partial charge in [0.2, 0.25) is 0 Å². The third kappa shape index (κ3) is 5.31. The van der Waals surface area contributed by atoms with Gasteiger partial charge in [-0.15, -0.1) is 0 Å². The molecule has 0 unspecified atom stereocenters. The van der Waals surface area contributed by atoms with Crippen LogP contribution in [0.1, 0.15) is 31.4 Å². The van der Waals surface area contributed by atoms with E-state index in [2.05, 4.69) is 41.2 Å². The zero-order valence-corrected chi connectivity index (χ0v) is 15.2. The van der Waals surface area contributed by atoms with Crippen molar-refractivity contribution in [2.75, 3.05) is 0 Å². The third-order valence-corrected chi connectivity index (χ3v) is 4.33. The summed E-state index contributed by atoms with van der Waals surface area (Å²) in [6, 6.07) is 14.3. The largest absolute Gasteiger partial charge is 0.489 e. The lowest BCUT2D eigenvalue weighted by Gasteiger charge is -2.15. The highest BCUT2D eigenvalue weighted by Crippen LogP contribution is 2.24. The zero-order chi connectivity index (χ0) is 15.9. The van der Waals surface area contributed by atoms with Crippen LogP contribution in [0.3, 0.4) is 0 Å². The van der Waals surface area contributed by atoms with E-state index in [4.69, 9.17) is 16.3 Å². The van der Waals surface area contributed by atoms with Crippen LogP contribution in [0, 0.1) is 0 Å². The predicted molar refractivity (Wildman–Crippen MR) is 96.5 cm³/mol. The van der Waals surface area contributed by atoms with E-state index in [1.54, 1.807) is 0 Å². The minimum absolute atomic E-state index is 0.489. The number of halogens is 2. The Hall–Kier alpha value is -1.03. The van der Waals surface area contributed by atoms with Crippen LogP contribution in [0.15, 0.2) is 46.9 Å². The Morgan fingerprint density at radius 2 is 1.91 bits per heavy atom. The van der Waals surface area contributed by atoms with Crippen molar-refractivity contribution in [3.05, 3.63) is 63.1 Å². The molecule has 2 aromatic carbocycles. The van der Waals surface area contributed by atoms with Gasteiger partial charge in [-0.1, -0.05) is 46.6 Å². The first-order chi connectivity index (χ1) is 10.6. The molecule has 2 aromatic rings. The first-order valence-corrected chi connectivity index (χ1v) is 8.64. The first kappa shape index (κ1) is 17.3. The molecule has 0 spiro atoms. The molecule has 1 atom stereocenters. The van der Waals surface area contributed by atoms with E-state index in [9.17, 15) is 0 Å². The van der Waals surface area contributed by atoms with Gasteiger partial charge in [-0.3, -0.25) is 0 Å². The van der Waals surface area contributed by atoms with E-state index < -0.39 is 0 Å². The van der Waals surface area contributed by atoms with Crippen LogP contribution in [0.2, 0.25) is 5.02 Å². The molecule has 118 valence electrons. The van der Waals surface area contributed by atoms with Gasteiger partial charge in [-0.05, 0) is 49.2 Å². The highest BCUT2D eigenvalue weighted by Gasteiger charge is 2.07. The van der Waals surface area contributed by atoms with Gasteiger partial charge >= 0.3 is 0 Å². The minimum Gasteiger partial charge on any atom is -0.489 e. The molecule has 0 saturated heterocycles. The molecule has 0 heterocycles. The Morgan fingerprint density at radius 3 is 2.59 bits per heavy atom. The monoisotopic (exact) mass is 381 g/mol. The van der Waals surface area contributed by atoms with Crippen molar-refractivity contribution in [3.63, 3.8) is 0 Å². The van der Waals surface area contributed by atoms with Gasteiger partial charge in [0, 0.05) is 27.6 Å². The SMILES string of the molecule is CC[C@H](C)NCc1cc(Br)ccc1OCc1ccc(Cl)cc1. The highest BCUT2D eigenvalue weighted by atomic mass is 79.9. The van der Waals surface area contributed by atoms with Gasteiger partial charge in [-0.25, -0.2) is 0 Å². The number of rotatable bonds is 7. The fourth-order valence-corrected chi connectivity index (χ4v) is 2.53. The summed E-state index contributed by atoms with van der Waals surface area (Å²) in [7, 11) is 0. The third-order valence-electron chi connectivity index (χ3n) is 3.58. The van der Waals surface area contributed by atoms with E-state index in [0.717, 1.165) is 39.3 Å². The van der Waals surface area contributed by atoms with Crippen LogP contribution >= 0.6 is 27.5 Å². The molecule has 22 heavy (non-hydrogen) atoms. The molecule has 0 saturated carbocycles. The zero-order valence-electron chi connectivity index (χ0n) is 12.9. The van der Waals surface area contributed by atoms with E-state index >= 15 is 0 Å². The van der Waals surface area contributed by atoms with Crippen LogP contribution in [0.4, 0.5) is 0 Å². The van der Waals surface area contributed by atoms with Crippen LogP contribution < -0.4 is 10.1 Å². The summed E-state index contributed by atoms with van der Waals surface area (Å²) in [5.41, 5.74) is 2.26. The van der Waals surface area contributed by atoms with Crippen LogP contribution in [-0.4, -0.2) is 6.04 Å². The van der Waals surface area contributed by atoms with Crippen LogP contribution in [0.25, 0.3) is 0 Å². The van der Waals surface area contributed by atoms with E-state index in [1.807, 2.05) is 36.4 Å². The second-order valence-corrected chi connectivity index (χ2v) is 6.71. The van der Waals surface area contributed by atoms with E-state index in [0.29, 0.717) is 12.6 Å². The molecule has 0 amide bonds. The van der Waals surface area contributed by atoms with Crippen molar-refractivity contribution in [1.29, 1.82) is 0 Å². The standard InChI is InChI=1S/C18H21BrClNO/c1-3-13(2)21-11-15-10-16(19)6-9-18(15)22-12-14-4-7-17(20)8-5-14/h4-10,13,21H,3,11-12H2,1-2H3/t13-/m0/s1. The summed E-state index contributed by atoms with van der Waals surface area (Å²) in [4.78, 5) is 0. The lowest BCUT2D eigenvalue weighted by atomic mass is 10.1. The van der Waals surface area contributed by atoms with Gasteiger partial charge in [-0.2, -0.15) is 0 Å². The fraction of sp³-hybridized carbons (Fsp3) is 0.333. The van der Waals surface area contributed by atoms with Crippen molar-refractivity contribution in [2.45, 2.75) is 39.5 Å². The maximum Gasteiger partial charge on any atom is 0.124 e. The molecule has 0 aliphatic rings. The number of benzene rings is 2. The van der Waals surface area contributed by atoms with E-state index in [-0.39, 0.29) is 0 Å². The number of ether oxygens (including phenoxy) is 1. The Morgan fingerprint density at radius 1 is 1.18 bits per heavy atom. The first-order valence-electron chi connectivity index (χ1n) is 7.47. The van der Waals surface area contributed by atoms with Gasteiger partial charge in [0.05, 0.1) is 0 Å². The topological polar surface area (TPSA) is 21.3 Å². The average Bonchev–Trinajstić information content (AvgIpc) is 2.53. The maximum atomic E-state index is 5.98. The van der Waals surface area contributed by atoms with Crippen molar-refractivity contribution in [1.82, 2.24) is 5.32 Å². The lowest BCUT2D eigenvalue weighted by molar-refractivity contribution is 0.301. The highest BCUT2D eigenvalue weighted by molar-refractivity contribution is 9.10. The Balaban J connectivity index is 2.04. The van der Waals surface area contributed by atoms with Gasteiger partial charge in [0.1, 0.15) is 12.4 Å². The Labute approximate surface area is 146 Å². The summed E-state index contributed by atoms with van der Waals surface area (Å²) in [5, 5.41) is 4.25. The quantitative estimate of drug-likeness (QED) is 0.676. The van der Waals surface area contributed by atoms with Gasteiger partial charge < -0.3 is 10.1 Å². The Bertz CT molecular complexity index is 601. The average molecular weight is 383 g/mol. The Kier molecular flexibility index (Phi) is 6.74. The number of hydrogen-bond acceptors (Lipinski definition) is 2. The van der Waals surface area contributed by atoms with Gasteiger partial charge in [0.15, 0.2) is 0 Å². The normalized spacial score (nSPS) is 12.2. The number of nitrogens with one attached hydrogen (secondary N) is 1. The summed E-state index contributed by atoms with van der Waals surface area (Å²) < 4.78 is 7.04. The number of hydrogen-bond donors (Lipinski definition) is 1. The molecule has 4 heteroatoms. The molecule has 2 nitrogen and oxygen atoms in total.